The molecule has 1 N–H and O–H groups in total. The molecule has 152 valence electrons. The molecule has 2 aliphatic rings. The van der Waals surface area contributed by atoms with Gasteiger partial charge in [0, 0.05) is 23.7 Å². The predicted octanol–water partition coefficient (Wildman–Crippen LogP) is 3.38. The average Bonchev–Trinajstić information content (AvgIpc) is 3.00. The fraction of sp³-hybridized carbons (Fsp3) is 0.333. The highest BCUT2D eigenvalue weighted by atomic mass is 35.5. The van der Waals surface area contributed by atoms with Crippen molar-refractivity contribution in [3.8, 4) is 0 Å². The maximum absolute atomic E-state index is 12.9. The largest absolute Gasteiger partial charge is 0.355 e. The fourth-order valence-corrected chi connectivity index (χ4v) is 5.46. The van der Waals surface area contributed by atoms with Crippen molar-refractivity contribution in [1.29, 1.82) is 0 Å². The summed E-state index contributed by atoms with van der Waals surface area (Å²) in [4.78, 5) is 15.0. The summed E-state index contributed by atoms with van der Waals surface area (Å²) in [5.41, 5.74) is 1.48. The summed E-state index contributed by atoms with van der Waals surface area (Å²) in [6, 6.07) is 14.1. The summed E-state index contributed by atoms with van der Waals surface area (Å²) in [6.07, 6.45) is 1.54. The third kappa shape index (κ3) is 3.89. The van der Waals surface area contributed by atoms with Crippen LogP contribution in [0.5, 0.6) is 0 Å². The minimum Gasteiger partial charge on any atom is -0.355 e. The van der Waals surface area contributed by atoms with E-state index in [0.29, 0.717) is 29.5 Å². The maximum Gasteiger partial charge on any atom is 0.285 e. The van der Waals surface area contributed by atoms with Gasteiger partial charge in [-0.2, -0.15) is 8.42 Å². The number of benzene rings is 2. The molecular weight excluding hydrogens is 410 g/mol. The Labute approximate surface area is 175 Å². The van der Waals surface area contributed by atoms with Gasteiger partial charge in [-0.05, 0) is 43.5 Å². The smallest absolute Gasteiger partial charge is 0.285 e. The quantitative estimate of drug-likeness (QED) is 0.808. The molecule has 2 aromatic rings. The summed E-state index contributed by atoms with van der Waals surface area (Å²) in [7, 11) is -3.67. The van der Waals surface area contributed by atoms with Crippen LogP contribution >= 0.6 is 11.6 Å². The van der Waals surface area contributed by atoms with Gasteiger partial charge in [-0.15, -0.1) is 4.40 Å². The first-order chi connectivity index (χ1) is 13.9. The molecule has 1 amide bonds. The number of nitrogens with one attached hydrogen (secondary N) is 1. The molecule has 2 atom stereocenters. The van der Waals surface area contributed by atoms with E-state index in [1.807, 2.05) is 30.0 Å². The lowest BCUT2D eigenvalue weighted by Crippen LogP contribution is -2.45. The van der Waals surface area contributed by atoms with Crippen LogP contribution in [0.1, 0.15) is 36.9 Å². The van der Waals surface area contributed by atoms with E-state index in [2.05, 4.69) is 9.71 Å². The molecule has 8 heteroatoms. The first-order valence-electron chi connectivity index (χ1n) is 9.61. The summed E-state index contributed by atoms with van der Waals surface area (Å²) in [6.45, 7) is 3.01. The molecular formula is C21H22ClN3O3S. The number of amidine groups is 1. The Bertz CT molecular complexity index is 1080. The van der Waals surface area contributed by atoms with Gasteiger partial charge in [-0.25, -0.2) is 0 Å². The van der Waals surface area contributed by atoms with Crippen LogP contribution in [0.3, 0.4) is 0 Å². The number of rotatable bonds is 3. The zero-order valence-electron chi connectivity index (χ0n) is 16.0. The first kappa shape index (κ1) is 19.9. The van der Waals surface area contributed by atoms with Gasteiger partial charge in [0.05, 0.1) is 12.0 Å². The number of piperidine rings is 1. The van der Waals surface area contributed by atoms with Gasteiger partial charge in [-0.1, -0.05) is 41.9 Å². The molecule has 0 radical (unpaired) electrons. The van der Waals surface area contributed by atoms with Crippen molar-refractivity contribution in [2.24, 2.45) is 10.3 Å². The van der Waals surface area contributed by atoms with Crippen LogP contribution in [-0.4, -0.2) is 38.2 Å². The Morgan fingerprint density at radius 3 is 2.72 bits per heavy atom. The summed E-state index contributed by atoms with van der Waals surface area (Å²) >= 11 is 6.24. The number of nitrogens with zero attached hydrogens (tertiary/aromatic N) is 2. The number of likely N-dealkylation sites (tertiary alicyclic amines) is 1. The van der Waals surface area contributed by atoms with E-state index >= 15 is 0 Å². The zero-order valence-corrected chi connectivity index (χ0v) is 17.6. The van der Waals surface area contributed by atoms with E-state index in [4.69, 9.17) is 11.6 Å². The van der Waals surface area contributed by atoms with Gasteiger partial charge < -0.3 is 10.2 Å². The van der Waals surface area contributed by atoms with Crippen LogP contribution in [0.15, 0.2) is 57.8 Å². The molecule has 2 unspecified atom stereocenters. The van der Waals surface area contributed by atoms with Crippen LogP contribution < -0.4 is 5.32 Å². The SMILES string of the molecule is CC(NC(=O)C1CCCN(C2=NS(=O)(=O)c3ccccc32)C1)c1ccccc1Cl. The van der Waals surface area contributed by atoms with Gasteiger partial charge in [0.25, 0.3) is 10.0 Å². The molecule has 29 heavy (non-hydrogen) atoms. The van der Waals surface area contributed by atoms with E-state index in [-0.39, 0.29) is 22.8 Å². The lowest BCUT2D eigenvalue weighted by Gasteiger charge is -2.34. The highest BCUT2D eigenvalue weighted by Crippen LogP contribution is 2.30. The number of carbonyl (C=O) groups is 1. The lowest BCUT2D eigenvalue weighted by molar-refractivity contribution is -0.126. The molecule has 2 aliphatic heterocycles. The minimum absolute atomic E-state index is 0.0585. The van der Waals surface area contributed by atoms with Crippen LogP contribution in [0.4, 0.5) is 0 Å². The molecule has 2 heterocycles. The van der Waals surface area contributed by atoms with E-state index in [0.717, 1.165) is 18.4 Å². The molecule has 1 saturated heterocycles. The Kier molecular flexibility index (Phi) is 5.36. The Morgan fingerprint density at radius 1 is 1.21 bits per heavy atom. The zero-order chi connectivity index (χ0) is 20.6. The number of fused-ring (bicyclic) bond motifs is 1. The van der Waals surface area contributed by atoms with Gasteiger partial charge in [0.15, 0.2) is 5.84 Å². The van der Waals surface area contributed by atoms with Crippen LogP contribution in [-0.2, 0) is 14.8 Å². The summed E-state index contributed by atoms with van der Waals surface area (Å²) < 4.78 is 28.7. The Balaban J connectivity index is 1.49. The number of carbonyl (C=O) groups excluding carboxylic acids is 1. The molecule has 1 fully saturated rings. The van der Waals surface area contributed by atoms with Gasteiger partial charge in [-0.3, -0.25) is 4.79 Å². The second-order valence-electron chi connectivity index (χ2n) is 7.42. The second kappa shape index (κ2) is 7.80. The molecule has 0 aliphatic carbocycles. The highest BCUT2D eigenvalue weighted by Gasteiger charge is 2.35. The molecule has 4 rings (SSSR count). The Hall–Kier alpha value is -2.38. The van der Waals surface area contributed by atoms with E-state index < -0.39 is 10.0 Å². The summed E-state index contributed by atoms with van der Waals surface area (Å²) in [5, 5.41) is 3.66. The van der Waals surface area contributed by atoms with Crippen LogP contribution in [0.2, 0.25) is 5.02 Å². The third-order valence-corrected chi connectivity index (χ3v) is 7.10. The van der Waals surface area contributed by atoms with E-state index in [1.54, 1.807) is 30.3 Å². The molecule has 2 aromatic carbocycles. The van der Waals surface area contributed by atoms with Crippen LogP contribution in [0.25, 0.3) is 0 Å². The van der Waals surface area contributed by atoms with Crippen molar-refractivity contribution in [3.05, 3.63) is 64.7 Å². The molecule has 0 saturated carbocycles. The highest BCUT2D eigenvalue weighted by molar-refractivity contribution is 7.90. The van der Waals surface area contributed by atoms with Crippen molar-refractivity contribution in [2.75, 3.05) is 13.1 Å². The molecule has 0 spiro atoms. The van der Waals surface area contributed by atoms with E-state index in [1.165, 1.54) is 0 Å². The number of hydrogen-bond donors (Lipinski definition) is 1. The first-order valence-corrected chi connectivity index (χ1v) is 11.4. The van der Waals surface area contributed by atoms with Crippen LogP contribution in [0, 0.1) is 5.92 Å². The number of halogens is 1. The normalized spacial score (nSPS) is 21.2. The minimum atomic E-state index is -3.67. The van der Waals surface area contributed by atoms with Gasteiger partial charge in [0.2, 0.25) is 5.91 Å². The standard InChI is InChI=1S/C21H22ClN3O3S/c1-14(16-8-2-4-10-18(16)22)23-21(26)15-7-6-12-25(13-15)20-17-9-3-5-11-19(17)29(27,28)24-20/h2-5,8-11,14-15H,6-7,12-13H2,1H3,(H,23,26). The van der Waals surface area contributed by atoms with Crippen molar-refractivity contribution < 1.29 is 13.2 Å². The second-order valence-corrected chi connectivity index (χ2v) is 9.40. The third-order valence-electron chi connectivity index (χ3n) is 5.43. The van der Waals surface area contributed by atoms with Crippen molar-refractivity contribution in [2.45, 2.75) is 30.7 Å². The van der Waals surface area contributed by atoms with Gasteiger partial charge in [0.1, 0.15) is 4.90 Å². The van der Waals surface area contributed by atoms with E-state index in [9.17, 15) is 13.2 Å². The number of hydrogen-bond acceptors (Lipinski definition) is 4. The number of sulfonamides is 1. The van der Waals surface area contributed by atoms with Crippen molar-refractivity contribution in [1.82, 2.24) is 10.2 Å². The fourth-order valence-electron chi connectivity index (χ4n) is 3.94. The topological polar surface area (TPSA) is 78.8 Å². The maximum atomic E-state index is 12.9. The van der Waals surface area contributed by atoms with Gasteiger partial charge >= 0.3 is 0 Å². The number of amides is 1. The monoisotopic (exact) mass is 431 g/mol. The molecule has 0 aromatic heterocycles. The van der Waals surface area contributed by atoms with Crippen molar-refractivity contribution in [3.63, 3.8) is 0 Å². The van der Waals surface area contributed by atoms with Crippen molar-refractivity contribution >= 4 is 33.4 Å². The molecule has 0 bridgehead atoms. The Morgan fingerprint density at radius 2 is 1.93 bits per heavy atom. The predicted molar refractivity (Wildman–Crippen MR) is 112 cm³/mol. The lowest BCUT2D eigenvalue weighted by atomic mass is 9.95. The average molecular weight is 432 g/mol. The summed E-state index contributed by atoms with van der Waals surface area (Å²) in [5.74, 6) is 0.140. The molecule has 6 nitrogen and oxygen atoms in total.